The zero-order valence-electron chi connectivity index (χ0n) is 14.4. The van der Waals surface area contributed by atoms with Gasteiger partial charge >= 0.3 is 0 Å². The summed E-state index contributed by atoms with van der Waals surface area (Å²) in [6, 6.07) is 21.0. The number of hydrogen-bond donors (Lipinski definition) is 0. The minimum atomic E-state index is -0.0591. The van der Waals surface area contributed by atoms with Crippen LogP contribution in [-0.4, -0.2) is 41.3 Å². The fraction of sp³-hybridized carbons (Fsp3) is 0.400. The Morgan fingerprint density at radius 2 is 1.38 bits per heavy atom. The molecule has 2 aromatic rings. The number of nitrogens with zero attached hydrogens (tertiary/aromatic N) is 1. The van der Waals surface area contributed by atoms with Gasteiger partial charge in [0, 0.05) is 13.1 Å². The molecule has 24 heavy (non-hydrogen) atoms. The van der Waals surface area contributed by atoms with Crippen LogP contribution in [0.1, 0.15) is 36.5 Å². The molecule has 0 saturated carbocycles. The first-order chi connectivity index (χ1) is 11.9. The van der Waals surface area contributed by atoms with Crippen molar-refractivity contribution in [1.82, 2.24) is 4.90 Å². The number of ether oxygens (including phenoxy) is 1. The van der Waals surface area contributed by atoms with E-state index in [1.54, 1.807) is 0 Å². The van der Waals surface area contributed by atoms with E-state index < -0.39 is 0 Å². The fourth-order valence-electron chi connectivity index (χ4n) is 3.34. The average molecular weight is 342 g/mol. The summed E-state index contributed by atoms with van der Waals surface area (Å²) < 4.78 is 12.2. The van der Waals surface area contributed by atoms with Gasteiger partial charge in [0.1, 0.15) is 22.8 Å². The highest BCUT2D eigenvalue weighted by Crippen LogP contribution is 2.28. The molecule has 0 bridgehead atoms. The fourth-order valence-corrected chi connectivity index (χ4v) is 3.63. The van der Waals surface area contributed by atoms with Crippen molar-refractivity contribution in [3.05, 3.63) is 71.8 Å². The van der Waals surface area contributed by atoms with Gasteiger partial charge in [-0.3, -0.25) is 4.90 Å². The minimum absolute atomic E-state index is 0.0215. The van der Waals surface area contributed by atoms with Gasteiger partial charge in [0.05, 0.1) is 6.61 Å². The van der Waals surface area contributed by atoms with Crippen molar-refractivity contribution in [2.45, 2.75) is 31.6 Å². The first-order valence-corrected chi connectivity index (χ1v) is 9.68. The van der Waals surface area contributed by atoms with Crippen LogP contribution >= 0.6 is 0 Å². The quantitative estimate of drug-likeness (QED) is 0.723. The van der Waals surface area contributed by atoms with Gasteiger partial charge in [0.2, 0.25) is 0 Å². The molecule has 1 atom stereocenters. The van der Waals surface area contributed by atoms with Crippen molar-refractivity contribution in [3.8, 4) is 0 Å². The Morgan fingerprint density at radius 3 is 1.88 bits per heavy atom. The highest BCUT2D eigenvalue weighted by atomic mass is 28.2. The van der Waals surface area contributed by atoms with Crippen molar-refractivity contribution in [1.29, 1.82) is 0 Å². The van der Waals surface area contributed by atoms with Crippen molar-refractivity contribution in [2.75, 3.05) is 19.7 Å². The largest absolute Gasteiger partial charge is 0.424 e. The van der Waals surface area contributed by atoms with E-state index in [0.717, 1.165) is 23.6 Å². The first kappa shape index (κ1) is 17.4. The Labute approximate surface area is 148 Å². The molecule has 1 saturated heterocycles. The minimum Gasteiger partial charge on any atom is -0.424 e. The second-order valence-corrected chi connectivity index (χ2v) is 6.92. The van der Waals surface area contributed by atoms with E-state index in [0.29, 0.717) is 6.61 Å². The molecule has 1 fully saturated rings. The zero-order valence-corrected chi connectivity index (χ0v) is 16.4. The van der Waals surface area contributed by atoms with Gasteiger partial charge in [-0.2, -0.15) is 0 Å². The van der Waals surface area contributed by atoms with Gasteiger partial charge in [-0.1, -0.05) is 67.1 Å². The average Bonchev–Trinajstić information content (AvgIpc) is 2.67. The number of benzene rings is 2. The molecule has 1 unspecified atom stereocenters. The SMILES string of the molecule is [SiH3]OCC(OC(c1ccccc1)c1ccccc1)N1CCCCC1. The lowest BCUT2D eigenvalue weighted by molar-refractivity contribution is -0.112. The lowest BCUT2D eigenvalue weighted by atomic mass is 10.0. The molecule has 1 aliphatic rings. The smallest absolute Gasteiger partial charge is 0.146 e. The molecular formula is C20H27NO2Si. The third-order valence-corrected chi connectivity index (χ3v) is 4.94. The monoisotopic (exact) mass is 341 g/mol. The van der Waals surface area contributed by atoms with Crippen LogP contribution in [0.2, 0.25) is 0 Å². The predicted molar refractivity (Wildman–Crippen MR) is 101 cm³/mol. The third-order valence-electron chi connectivity index (χ3n) is 4.60. The van der Waals surface area contributed by atoms with E-state index in [4.69, 9.17) is 9.16 Å². The molecule has 1 heterocycles. The van der Waals surface area contributed by atoms with Crippen molar-refractivity contribution in [3.63, 3.8) is 0 Å². The normalized spacial score (nSPS) is 17.2. The Hall–Kier alpha value is -1.46. The van der Waals surface area contributed by atoms with Crippen LogP contribution < -0.4 is 0 Å². The summed E-state index contributed by atoms with van der Waals surface area (Å²) in [5, 5.41) is 0. The first-order valence-electron chi connectivity index (χ1n) is 8.87. The van der Waals surface area contributed by atoms with Crippen LogP contribution in [0.15, 0.2) is 60.7 Å². The second kappa shape index (κ2) is 9.13. The Balaban J connectivity index is 1.84. The Kier molecular flexibility index (Phi) is 6.61. The molecule has 1 aliphatic heterocycles. The summed E-state index contributed by atoms with van der Waals surface area (Å²) in [4.78, 5) is 2.44. The summed E-state index contributed by atoms with van der Waals surface area (Å²) >= 11 is 0. The summed E-state index contributed by atoms with van der Waals surface area (Å²) in [5.74, 6) is 0. The maximum atomic E-state index is 6.63. The zero-order chi connectivity index (χ0) is 16.6. The number of hydrogen-bond acceptors (Lipinski definition) is 3. The highest BCUT2D eigenvalue weighted by Gasteiger charge is 2.26. The topological polar surface area (TPSA) is 21.7 Å². The molecule has 3 nitrogen and oxygen atoms in total. The number of likely N-dealkylation sites (tertiary alicyclic amines) is 1. The molecule has 0 aliphatic carbocycles. The van der Waals surface area contributed by atoms with Crippen LogP contribution in [0.25, 0.3) is 0 Å². The molecule has 128 valence electrons. The third kappa shape index (κ3) is 4.54. The summed E-state index contributed by atoms with van der Waals surface area (Å²) in [6.45, 7) is 2.86. The van der Waals surface area contributed by atoms with Crippen molar-refractivity contribution in [2.24, 2.45) is 0 Å². The Bertz CT molecular complexity index is 548. The van der Waals surface area contributed by atoms with E-state index in [1.165, 1.54) is 30.4 Å². The van der Waals surface area contributed by atoms with Gasteiger partial charge in [-0.25, -0.2) is 0 Å². The molecule has 0 radical (unpaired) electrons. The summed E-state index contributed by atoms with van der Waals surface area (Å²) in [7, 11) is 0.741. The Morgan fingerprint density at radius 1 is 0.833 bits per heavy atom. The van der Waals surface area contributed by atoms with Crippen LogP contribution in [0.4, 0.5) is 0 Å². The maximum absolute atomic E-state index is 6.63. The van der Waals surface area contributed by atoms with Crippen LogP contribution in [-0.2, 0) is 9.16 Å². The second-order valence-electron chi connectivity index (χ2n) is 6.34. The van der Waals surface area contributed by atoms with Gasteiger partial charge in [0.25, 0.3) is 0 Å². The van der Waals surface area contributed by atoms with E-state index in [2.05, 4.69) is 65.6 Å². The van der Waals surface area contributed by atoms with Gasteiger partial charge < -0.3 is 9.16 Å². The molecule has 2 aromatic carbocycles. The molecular weight excluding hydrogens is 314 g/mol. The van der Waals surface area contributed by atoms with Crippen molar-refractivity contribution < 1.29 is 9.16 Å². The van der Waals surface area contributed by atoms with E-state index >= 15 is 0 Å². The molecule has 0 N–H and O–H groups in total. The van der Waals surface area contributed by atoms with Crippen LogP contribution in [0.5, 0.6) is 0 Å². The standard InChI is InChI=1S/C20H27NO2Si/c24-22-16-19(21-14-8-3-9-15-21)23-20(17-10-4-1-5-11-17)18-12-6-2-7-13-18/h1-2,4-7,10-13,19-20H,3,8-9,14-16H2,24H3. The van der Waals surface area contributed by atoms with E-state index in [9.17, 15) is 0 Å². The number of piperidine rings is 1. The van der Waals surface area contributed by atoms with Crippen LogP contribution in [0.3, 0.4) is 0 Å². The van der Waals surface area contributed by atoms with E-state index in [-0.39, 0.29) is 12.3 Å². The van der Waals surface area contributed by atoms with E-state index in [1.807, 2.05) is 0 Å². The van der Waals surface area contributed by atoms with Crippen molar-refractivity contribution >= 4 is 10.5 Å². The van der Waals surface area contributed by atoms with Gasteiger partial charge in [-0.15, -0.1) is 0 Å². The van der Waals surface area contributed by atoms with Gasteiger partial charge in [-0.05, 0) is 24.0 Å². The lowest BCUT2D eigenvalue weighted by Gasteiger charge is -2.36. The molecule has 0 spiro atoms. The van der Waals surface area contributed by atoms with Gasteiger partial charge in [0.15, 0.2) is 0 Å². The molecule has 3 rings (SSSR count). The summed E-state index contributed by atoms with van der Waals surface area (Å²) in [6.07, 6.45) is 3.79. The molecule has 0 aromatic heterocycles. The predicted octanol–water partition coefficient (Wildman–Crippen LogP) is 2.90. The molecule has 4 heteroatoms. The molecule has 0 amide bonds. The highest BCUT2D eigenvalue weighted by molar-refractivity contribution is 5.97. The lowest BCUT2D eigenvalue weighted by Crippen LogP contribution is -2.44. The van der Waals surface area contributed by atoms with Crippen LogP contribution in [0, 0.1) is 0 Å². The summed E-state index contributed by atoms with van der Waals surface area (Å²) in [5.41, 5.74) is 2.39. The maximum Gasteiger partial charge on any atom is 0.146 e. The number of rotatable bonds is 7.